The zero-order valence-electron chi connectivity index (χ0n) is 10.3. The highest BCUT2D eigenvalue weighted by Crippen LogP contribution is 2.30. The van der Waals surface area contributed by atoms with Crippen molar-refractivity contribution in [3.63, 3.8) is 0 Å². The van der Waals surface area contributed by atoms with Crippen molar-refractivity contribution in [3.8, 4) is 0 Å². The van der Waals surface area contributed by atoms with Crippen LogP contribution in [0.1, 0.15) is 12.0 Å². The zero-order valence-corrected chi connectivity index (χ0v) is 11.1. The lowest BCUT2D eigenvalue weighted by Gasteiger charge is -2.17. The van der Waals surface area contributed by atoms with Gasteiger partial charge in [-0.15, -0.1) is 0 Å². The smallest absolute Gasteiger partial charge is 0.330 e. The molecule has 0 radical (unpaired) electrons. The molecule has 1 aromatic carbocycles. The van der Waals surface area contributed by atoms with Crippen LogP contribution in [0.5, 0.6) is 0 Å². The van der Waals surface area contributed by atoms with Crippen LogP contribution in [0.3, 0.4) is 0 Å². The van der Waals surface area contributed by atoms with Crippen molar-refractivity contribution in [1.82, 2.24) is 4.31 Å². The molecule has 4 nitrogen and oxygen atoms in total. The standard InChI is InChI=1S/C11H15F3N2O2S/c1-16(7-3-6-15)19(17,18)10-5-2-4-9(8-10)11(12,13)14/h2,4-5,8H,3,6-7,15H2,1H3. The molecule has 0 aliphatic carbocycles. The van der Waals surface area contributed by atoms with Crippen LogP contribution in [-0.2, 0) is 16.2 Å². The minimum Gasteiger partial charge on any atom is -0.330 e. The van der Waals surface area contributed by atoms with Crippen LogP contribution in [0.25, 0.3) is 0 Å². The summed E-state index contributed by atoms with van der Waals surface area (Å²) in [4.78, 5) is -0.373. The molecule has 19 heavy (non-hydrogen) atoms. The predicted molar refractivity (Wildman–Crippen MR) is 64.9 cm³/mol. The van der Waals surface area contributed by atoms with Gasteiger partial charge in [0.25, 0.3) is 0 Å². The summed E-state index contributed by atoms with van der Waals surface area (Å²) in [6, 6.07) is 3.68. The lowest BCUT2D eigenvalue weighted by molar-refractivity contribution is -0.137. The molecule has 2 N–H and O–H groups in total. The van der Waals surface area contributed by atoms with E-state index in [-0.39, 0.29) is 11.4 Å². The molecule has 0 aromatic heterocycles. The first-order valence-electron chi connectivity index (χ1n) is 5.53. The van der Waals surface area contributed by atoms with Gasteiger partial charge < -0.3 is 5.73 Å². The van der Waals surface area contributed by atoms with Crippen LogP contribution in [0.15, 0.2) is 29.2 Å². The topological polar surface area (TPSA) is 63.4 Å². The van der Waals surface area contributed by atoms with E-state index < -0.39 is 21.8 Å². The molecule has 0 aliphatic rings. The fourth-order valence-corrected chi connectivity index (χ4v) is 2.70. The number of hydrogen-bond donors (Lipinski definition) is 1. The van der Waals surface area contributed by atoms with E-state index >= 15 is 0 Å². The third kappa shape index (κ3) is 3.92. The summed E-state index contributed by atoms with van der Waals surface area (Å²) in [6.07, 6.45) is -4.13. The van der Waals surface area contributed by atoms with Gasteiger partial charge in [-0.05, 0) is 31.2 Å². The summed E-state index contributed by atoms with van der Waals surface area (Å²) in [6.45, 7) is 0.470. The third-order valence-electron chi connectivity index (χ3n) is 2.55. The van der Waals surface area contributed by atoms with Gasteiger partial charge >= 0.3 is 6.18 Å². The summed E-state index contributed by atoms with van der Waals surface area (Å²) in [5, 5.41) is 0. The van der Waals surface area contributed by atoms with E-state index in [0.717, 1.165) is 22.5 Å². The number of hydrogen-bond acceptors (Lipinski definition) is 3. The third-order valence-corrected chi connectivity index (χ3v) is 4.40. The van der Waals surface area contributed by atoms with Gasteiger partial charge in [0, 0.05) is 13.6 Å². The fraction of sp³-hybridized carbons (Fsp3) is 0.455. The molecule has 0 bridgehead atoms. The molecule has 0 atom stereocenters. The number of sulfonamides is 1. The molecule has 0 saturated heterocycles. The predicted octanol–water partition coefficient (Wildman–Crippen LogP) is 1.67. The number of benzene rings is 1. The van der Waals surface area contributed by atoms with Crippen LogP contribution in [0.4, 0.5) is 13.2 Å². The SMILES string of the molecule is CN(CCCN)S(=O)(=O)c1cccc(C(F)(F)F)c1. The Morgan fingerprint density at radius 3 is 2.47 bits per heavy atom. The summed E-state index contributed by atoms with van der Waals surface area (Å²) >= 11 is 0. The van der Waals surface area contributed by atoms with Crippen molar-refractivity contribution >= 4 is 10.0 Å². The van der Waals surface area contributed by atoms with E-state index in [4.69, 9.17) is 5.73 Å². The van der Waals surface area contributed by atoms with E-state index in [9.17, 15) is 21.6 Å². The van der Waals surface area contributed by atoms with Gasteiger partial charge in [-0.1, -0.05) is 6.07 Å². The highest BCUT2D eigenvalue weighted by molar-refractivity contribution is 7.89. The summed E-state index contributed by atoms with van der Waals surface area (Å²) < 4.78 is 62.7. The Balaban J connectivity index is 3.09. The number of nitrogens with zero attached hydrogens (tertiary/aromatic N) is 1. The molecule has 0 unspecified atom stereocenters. The number of rotatable bonds is 5. The lowest BCUT2D eigenvalue weighted by atomic mass is 10.2. The van der Waals surface area contributed by atoms with Crippen LogP contribution >= 0.6 is 0 Å². The Morgan fingerprint density at radius 1 is 1.32 bits per heavy atom. The first-order valence-corrected chi connectivity index (χ1v) is 6.97. The molecule has 1 aromatic rings. The van der Waals surface area contributed by atoms with E-state index in [0.29, 0.717) is 19.0 Å². The van der Waals surface area contributed by atoms with Crippen molar-refractivity contribution in [2.75, 3.05) is 20.1 Å². The van der Waals surface area contributed by atoms with Crippen molar-refractivity contribution < 1.29 is 21.6 Å². The van der Waals surface area contributed by atoms with Gasteiger partial charge in [0.2, 0.25) is 10.0 Å². The van der Waals surface area contributed by atoms with Crippen molar-refractivity contribution in [3.05, 3.63) is 29.8 Å². The minimum absolute atomic E-state index is 0.162. The monoisotopic (exact) mass is 296 g/mol. The summed E-state index contributed by atoms with van der Waals surface area (Å²) in [5.41, 5.74) is 4.28. The van der Waals surface area contributed by atoms with Gasteiger partial charge in [-0.3, -0.25) is 0 Å². The second kappa shape index (κ2) is 5.89. The maximum atomic E-state index is 12.5. The lowest BCUT2D eigenvalue weighted by Crippen LogP contribution is -2.29. The van der Waals surface area contributed by atoms with Gasteiger partial charge in [0.05, 0.1) is 10.5 Å². The average Bonchev–Trinajstić information content (AvgIpc) is 2.35. The largest absolute Gasteiger partial charge is 0.416 e. The Morgan fingerprint density at radius 2 is 1.95 bits per heavy atom. The molecule has 1 rings (SSSR count). The quantitative estimate of drug-likeness (QED) is 0.899. The maximum Gasteiger partial charge on any atom is 0.416 e. The Bertz CT molecular complexity index is 529. The van der Waals surface area contributed by atoms with Crippen LogP contribution in [0.2, 0.25) is 0 Å². The Labute approximate surface area is 110 Å². The Kier molecular flexibility index (Phi) is 4.94. The molecule has 0 amide bonds. The van der Waals surface area contributed by atoms with Gasteiger partial charge in [0.1, 0.15) is 0 Å². The molecule has 0 heterocycles. The number of alkyl halides is 3. The molecule has 8 heteroatoms. The normalized spacial score (nSPS) is 12.9. The van der Waals surface area contributed by atoms with Gasteiger partial charge in [0.15, 0.2) is 0 Å². The van der Waals surface area contributed by atoms with Gasteiger partial charge in [-0.2, -0.15) is 13.2 Å². The molecular weight excluding hydrogens is 281 g/mol. The first kappa shape index (κ1) is 15.9. The minimum atomic E-state index is -4.57. The van der Waals surface area contributed by atoms with Crippen molar-refractivity contribution in [1.29, 1.82) is 0 Å². The van der Waals surface area contributed by atoms with Crippen molar-refractivity contribution in [2.24, 2.45) is 5.73 Å². The van der Waals surface area contributed by atoms with Gasteiger partial charge in [-0.25, -0.2) is 12.7 Å². The van der Waals surface area contributed by atoms with Crippen LogP contribution < -0.4 is 5.73 Å². The zero-order chi connectivity index (χ0) is 14.7. The van der Waals surface area contributed by atoms with Crippen LogP contribution in [0, 0.1) is 0 Å². The van der Waals surface area contributed by atoms with E-state index in [1.54, 1.807) is 0 Å². The average molecular weight is 296 g/mol. The van der Waals surface area contributed by atoms with E-state index in [2.05, 4.69) is 0 Å². The number of halogens is 3. The molecule has 108 valence electrons. The molecule has 0 spiro atoms. The molecular formula is C11H15F3N2O2S. The molecule has 0 aliphatic heterocycles. The second-order valence-electron chi connectivity index (χ2n) is 3.99. The highest BCUT2D eigenvalue weighted by Gasteiger charge is 2.32. The summed E-state index contributed by atoms with van der Waals surface area (Å²) in [7, 11) is -2.61. The molecule has 0 fully saturated rings. The van der Waals surface area contributed by atoms with E-state index in [1.165, 1.54) is 7.05 Å². The van der Waals surface area contributed by atoms with Crippen LogP contribution in [-0.4, -0.2) is 32.9 Å². The highest BCUT2D eigenvalue weighted by atomic mass is 32.2. The first-order chi connectivity index (χ1) is 8.69. The number of nitrogens with two attached hydrogens (primary N) is 1. The van der Waals surface area contributed by atoms with Crippen molar-refractivity contribution in [2.45, 2.75) is 17.5 Å². The summed E-state index contributed by atoms with van der Waals surface area (Å²) in [5.74, 6) is 0. The fourth-order valence-electron chi connectivity index (χ4n) is 1.45. The maximum absolute atomic E-state index is 12.5. The Hall–Kier alpha value is -1.12. The molecule has 0 saturated carbocycles. The second-order valence-corrected chi connectivity index (χ2v) is 6.04. The van der Waals surface area contributed by atoms with E-state index in [1.807, 2.05) is 0 Å².